The van der Waals surface area contributed by atoms with Gasteiger partial charge in [-0.2, -0.15) is 0 Å². The summed E-state index contributed by atoms with van der Waals surface area (Å²) in [5.74, 6) is -0.696. The predicted octanol–water partition coefficient (Wildman–Crippen LogP) is 3.04. The van der Waals surface area contributed by atoms with Crippen LogP contribution in [0.15, 0.2) is 34.7 Å². The van der Waals surface area contributed by atoms with E-state index in [1.54, 1.807) is 6.92 Å². The summed E-state index contributed by atoms with van der Waals surface area (Å²) in [4.78, 5) is 0. The van der Waals surface area contributed by atoms with Gasteiger partial charge < -0.3 is 19.0 Å². The molecule has 1 aromatic heterocycles. The molecule has 2 heterocycles. The fourth-order valence-corrected chi connectivity index (χ4v) is 2.43. The second kappa shape index (κ2) is 4.58. The molecule has 3 rings (SSSR count). The Hall–Kier alpha value is -1.36. The normalized spacial score (nSPS) is 22.8. The fourth-order valence-electron chi connectivity index (χ4n) is 2.43. The molecular formula is C16H20O4. The van der Waals surface area contributed by atoms with E-state index in [4.69, 9.17) is 13.9 Å². The molecular weight excluding hydrogens is 256 g/mol. The van der Waals surface area contributed by atoms with Crippen LogP contribution >= 0.6 is 0 Å². The monoisotopic (exact) mass is 276 g/mol. The lowest BCUT2D eigenvalue weighted by Crippen LogP contribution is -2.51. The summed E-state index contributed by atoms with van der Waals surface area (Å²) in [6.07, 6.45) is -0.820. The number of hydrogen-bond donors (Lipinski definition) is 1. The average molecular weight is 276 g/mol. The highest BCUT2D eigenvalue weighted by Gasteiger charge is 2.48. The number of furan rings is 1. The van der Waals surface area contributed by atoms with E-state index < -0.39 is 11.9 Å². The van der Waals surface area contributed by atoms with Crippen LogP contribution in [0.1, 0.15) is 26.5 Å². The van der Waals surface area contributed by atoms with Gasteiger partial charge in [-0.1, -0.05) is 32.0 Å². The minimum Gasteiger partial charge on any atom is -0.455 e. The Morgan fingerprint density at radius 2 is 1.80 bits per heavy atom. The van der Waals surface area contributed by atoms with E-state index in [0.717, 1.165) is 11.0 Å². The topological polar surface area (TPSA) is 51.8 Å². The van der Waals surface area contributed by atoms with Crippen molar-refractivity contribution in [1.82, 2.24) is 0 Å². The van der Waals surface area contributed by atoms with Gasteiger partial charge in [0.25, 0.3) is 5.79 Å². The van der Waals surface area contributed by atoms with E-state index in [9.17, 15) is 5.11 Å². The van der Waals surface area contributed by atoms with E-state index in [2.05, 4.69) is 13.8 Å². The van der Waals surface area contributed by atoms with Crippen molar-refractivity contribution in [3.05, 3.63) is 36.1 Å². The predicted molar refractivity (Wildman–Crippen MR) is 75.3 cm³/mol. The number of aliphatic hydroxyl groups excluding tert-OH is 1. The van der Waals surface area contributed by atoms with Crippen molar-refractivity contribution in [2.75, 3.05) is 13.2 Å². The van der Waals surface area contributed by atoms with Gasteiger partial charge in [-0.05, 0) is 19.1 Å². The number of para-hydroxylation sites is 1. The molecule has 1 fully saturated rings. The highest BCUT2D eigenvalue weighted by atomic mass is 16.7. The van der Waals surface area contributed by atoms with Crippen molar-refractivity contribution in [3.63, 3.8) is 0 Å². The first kappa shape index (κ1) is 13.6. The number of fused-ring (bicyclic) bond motifs is 1. The van der Waals surface area contributed by atoms with E-state index in [0.29, 0.717) is 19.0 Å². The van der Waals surface area contributed by atoms with Crippen molar-refractivity contribution in [1.29, 1.82) is 0 Å². The molecule has 1 aliphatic rings. The van der Waals surface area contributed by atoms with E-state index in [-0.39, 0.29) is 5.41 Å². The molecule has 0 bridgehead atoms. The zero-order valence-electron chi connectivity index (χ0n) is 12.1. The molecule has 1 N–H and O–H groups in total. The van der Waals surface area contributed by atoms with Crippen LogP contribution in [0.3, 0.4) is 0 Å². The van der Waals surface area contributed by atoms with Gasteiger partial charge in [0.2, 0.25) is 0 Å². The number of aliphatic hydroxyl groups is 1. The maximum Gasteiger partial charge on any atom is 0.255 e. The fraction of sp³-hybridized carbons (Fsp3) is 0.500. The summed E-state index contributed by atoms with van der Waals surface area (Å²) in [5, 5.41) is 11.1. The third-order valence-electron chi connectivity index (χ3n) is 3.67. The van der Waals surface area contributed by atoms with Gasteiger partial charge in [0.05, 0.1) is 13.2 Å². The second-order valence-corrected chi connectivity index (χ2v) is 6.23. The van der Waals surface area contributed by atoms with Gasteiger partial charge in [-0.15, -0.1) is 0 Å². The van der Waals surface area contributed by atoms with Crippen molar-refractivity contribution >= 4 is 11.0 Å². The highest BCUT2D eigenvalue weighted by molar-refractivity contribution is 5.77. The van der Waals surface area contributed by atoms with Crippen molar-refractivity contribution in [2.24, 2.45) is 5.41 Å². The molecule has 2 aromatic rings. The zero-order chi connectivity index (χ0) is 14.4. The average Bonchev–Trinajstić information content (AvgIpc) is 2.82. The summed E-state index contributed by atoms with van der Waals surface area (Å²) in [6.45, 7) is 6.81. The molecule has 4 nitrogen and oxygen atoms in total. The van der Waals surface area contributed by atoms with E-state index >= 15 is 0 Å². The molecule has 0 aliphatic carbocycles. The minimum atomic E-state index is -1.21. The van der Waals surface area contributed by atoms with E-state index in [1.807, 2.05) is 30.3 Å². The maximum atomic E-state index is 10.2. The number of ether oxygens (including phenoxy) is 2. The number of benzene rings is 1. The molecule has 1 atom stereocenters. The lowest BCUT2D eigenvalue weighted by Gasteiger charge is -2.43. The Labute approximate surface area is 118 Å². The molecule has 4 heteroatoms. The lowest BCUT2D eigenvalue weighted by atomic mass is 9.93. The Morgan fingerprint density at radius 1 is 1.15 bits per heavy atom. The van der Waals surface area contributed by atoms with Crippen molar-refractivity contribution < 1.29 is 19.0 Å². The molecule has 0 unspecified atom stereocenters. The summed E-state index contributed by atoms with van der Waals surface area (Å²) in [6, 6.07) is 9.59. The molecule has 1 saturated heterocycles. The molecule has 108 valence electrons. The smallest absolute Gasteiger partial charge is 0.255 e. The maximum absolute atomic E-state index is 10.2. The molecule has 1 aromatic carbocycles. The van der Waals surface area contributed by atoms with Gasteiger partial charge in [0.1, 0.15) is 11.7 Å². The molecule has 0 saturated carbocycles. The van der Waals surface area contributed by atoms with Crippen LogP contribution in [0.5, 0.6) is 0 Å². The van der Waals surface area contributed by atoms with Crippen LogP contribution in [-0.2, 0) is 15.3 Å². The summed E-state index contributed by atoms with van der Waals surface area (Å²) in [5.41, 5.74) is 0.698. The Balaban J connectivity index is 2.02. The first-order valence-electron chi connectivity index (χ1n) is 6.88. The van der Waals surface area contributed by atoms with Gasteiger partial charge >= 0.3 is 0 Å². The zero-order valence-corrected chi connectivity index (χ0v) is 12.1. The van der Waals surface area contributed by atoms with Gasteiger partial charge in [0.15, 0.2) is 5.76 Å². The van der Waals surface area contributed by atoms with Crippen molar-refractivity contribution in [3.8, 4) is 0 Å². The Kier molecular flexibility index (Phi) is 3.12. The largest absolute Gasteiger partial charge is 0.455 e. The molecule has 0 spiro atoms. The molecule has 20 heavy (non-hydrogen) atoms. The van der Waals surface area contributed by atoms with Gasteiger partial charge in [0, 0.05) is 10.8 Å². The summed E-state index contributed by atoms with van der Waals surface area (Å²) in [7, 11) is 0. The van der Waals surface area contributed by atoms with Crippen LogP contribution in [0.2, 0.25) is 0 Å². The molecule has 1 aliphatic heterocycles. The quantitative estimate of drug-likeness (QED) is 0.916. The SMILES string of the molecule is C[C@@H](O)C1(c2cc3ccccc3o2)OCC(C)(C)CO1. The summed E-state index contributed by atoms with van der Waals surface area (Å²) < 4.78 is 17.6. The number of rotatable bonds is 2. The summed E-state index contributed by atoms with van der Waals surface area (Å²) >= 11 is 0. The Morgan fingerprint density at radius 3 is 2.40 bits per heavy atom. The van der Waals surface area contributed by atoms with Gasteiger partial charge in [-0.3, -0.25) is 0 Å². The van der Waals surface area contributed by atoms with E-state index in [1.165, 1.54) is 0 Å². The first-order valence-corrected chi connectivity index (χ1v) is 6.88. The van der Waals surface area contributed by atoms with Crippen LogP contribution in [0.4, 0.5) is 0 Å². The lowest BCUT2D eigenvalue weighted by molar-refractivity contribution is -0.346. The van der Waals surface area contributed by atoms with Crippen molar-refractivity contribution in [2.45, 2.75) is 32.7 Å². The number of hydrogen-bond acceptors (Lipinski definition) is 4. The van der Waals surface area contributed by atoms with Crippen LogP contribution in [-0.4, -0.2) is 24.4 Å². The molecule has 0 radical (unpaired) electrons. The second-order valence-electron chi connectivity index (χ2n) is 6.23. The minimum absolute atomic E-state index is 0.0651. The first-order chi connectivity index (χ1) is 9.43. The standard InChI is InChI=1S/C16H20O4/c1-11(17)16(18-9-15(2,3)10-19-16)14-8-12-6-4-5-7-13(12)20-14/h4-8,11,17H,9-10H2,1-3H3/t11-/m1/s1. The van der Waals surface area contributed by atoms with Crippen LogP contribution in [0.25, 0.3) is 11.0 Å². The third-order valence-corrected chi connectivity index (χ3v) is 3.67. The van der Waals surface area contributed by atoms with Crippen LogP contribution in [0, 0.1) is 5.41 Å². The third kappa shape index (κ3) is 2.14. The Bertz CT molecular complexity index is 569. The van der Waals surface area contributed by atoms with Crippen LogP contribution < -0.4 is 0 Å². The van der Waals surface area contributed by atoms with Gasteiger partial charge in [-0.25, -0.2) is 0 Å². The molecule has 0 amide bonds. The highest BCUT2D eigenvalue weighted by Crippen LogP contribution is 2.40.